The maximum absolute atomic E-state index is 11.7. The Morgan fingerprint density at radius 1 is 1.38 bits per heavy atom. The molecule has 0 aromatic heterocycles. The van der Waals surface area contributed by atoms with E-state index in [1.807, 2.05) is 25.7 Å². The zero-order valence-corrected chi connectivity index (χ0v) is 10.7. The van der Waals surface area contributed by atoms with Gasteiger partial charge in [-0.05, 0) is 12.8 Å². The van der Waals surface area contributed by atoms with Gasteiger partial charge in [0, 0.05) is 31.5 Å². The highest BCUT2D eigenvalue weighted by Crippen LogP contribution is 2.17. The molecule has 0 aromatic rings. The molecule has 92 valence electrons. The lowest BCUT2D eigenvalue weighted by Crippen LogP contribution is -2.45. The van der Waals surface area contributed by atoms with Gasteiger partial charge in [-0.25, -0.2) is 0 Å². The zero-order valence-electron chi connectivity index (χ0n) is 10.7. The summed E-state index contributed by atoms with van der Waals surface area (Å²) in [5.41, 5.74) is -0.361. The van der Waals surface area contributed by atoms with Crippen LogP contribution in [-0.2, 0) is 9.59 Å². The normalized spacial score (nSPS) is 21.0. The maximum atomic E-state index is 11.7. The number of rotatable bonds is 2. The molecule has 1 aliphatic rings. The number of likely N-dealkylation sites (tertiary alicyclic amines) is 1. The summed E-state index contributed by atoms with van der Waals surface area (Å²) < 4.78 is 0. The van der Waals surface area contributed by atoms with Crippen molar-refractivity contribution in [1.82, 2.24) is 10.2 Å². The molecule has 1 fully saturated rings. The molecule has 1 aliphatic heterocycles. The molecule has 0 unspecified atom stereocenters. The van der Waals surface area contributed by atoms with Crippen LogP contribution in [0.3, 0.4) is 0 Å². The van der Waals surface area contributed by atoms with Crippen LogP contribution in [0.4, 0.5) is 0 Å². The average Bonchev–Trinajstić information content (AvgIpc) is 2.60. The van der Waals surface area contributed by atoms with Crippen LogP contribution in [0.5, 0.6) is 0 Å². The zero-order chi connectivity index (χ0) is 12.3. The third kappa shape index (κ3) is 3.22. The number of amides is 2. The molecule has 0 saturated carbocycles. The van der Waals surface area contributed by atoms with E-state index in [-0.39, 0.29) is 23.3 Å². The molecule has 0 aromatic carbocycles. The second kappa shape index (κ2) is 4.85. The first kappa shape index (κ1) is 13.0. The molecule has 1 rings (SSSR count). The van der Waals surface area contributed by atoms with Crippen LogP contribution in [0.2, 0.25) is 0 Å². The molecule has 0 bridgehead atoms. The second-order valence-corrected chi connectivity index (χ2v) is 5.47. The lowest BCUT2D eigenvalue weighted by molar-refractivity contribution is -0.132. The third-order valence-corrected chi connectivity index (χ3v) is 2.96. The van der Waals surface area contributed by atoms with E-state index in [1.165, 1.54) is 0 Å². The second-order valence-electron chi connectivity index (χ2n) is 5.47. The fourth-order valence-electron chi connectivity index (χ4n) is 1.94. The van der Waals surface area contributed by atoms with Gasteiger partial charge in [0.25, 0.3) is 0 Å². The van der Waals surface area contributed by atoms with Gasteiger partial charge in [0.05, 0.1) is 0 Å². The topological polar surface area (TPSA) is 49.4 Å². The lowest BCUT2D eigenvalue weighted by atomic mass is 9.95. The number of carbonyl (C=O) groups is 2. The number of hydrogen-bond donors (Lipinski definition) is 1. The summed E-state index contributed by atoms with van der Waals surface area (Å²) in [6.07, 6.45) is 2.03. The van der Waals surface area contributed by atoms with Gasteiger partial charge >= 0.3 is 0 Å². The third-order valence-electron chi connectivity index (χ3n) is 2.96. The van der Waals surface area contributed by atoms with E-state index in [0.29, 0.717) is 6.54 Å². The van der Waals surface area contributed by atoms with E-state index in [4.69, 9.17) is 0 Å². The molecule has 0 spiro atoms. The van der Waals surface area contributed by atoms with Crippen molar-refractivity contribution in [2.24, 2.45) is 5.41 Å². The lowest BCUT2D eigenvalue weighted by Gasteiger charge is -2.25. The van der Waals surface area contributed by atoms with E-state index in [2.05, 4.69) is 5.32 Å². The summed E-state index contributed by atoms with van der Waals surface area (Å²) in [4.78, 5) is 24.8. The summed E-state index contributed by atoms with van der Waals surface area (Å²) in [6.45, 7) is 8.66. The van der Waals surface area contributed by atoms with Crippen LogP contribution in [0.25, 0.3) is 0 Å². The Balaban J connectivity index is 2.43. The van der Waals surface area contributed by atoms with E-state index in [9.17, 15) is 9.59 Å². The van der Waals surface area contributed by atoms with Crippen LogP contribution in [0, 0.1) is 5.41 Å². The predicted octanol–water partition coefficient (Wildman–Crippen LogP) is 1.16. The van der Waals surface area contributed by atoms with Crippen molar-refractivity contribution in [3.63, 3.8) is 0 Å². The van der Waals surface area contributed by atoms with Crippen LogP contribution >= 0.6 is 0 Å². The molecule has 4 nitrogen and oxygen atoms in total. The van der Waals surface area contributed by atoms with Crippen molar-refractivity contribution in [3.8, 4) is 0 Å². The number of hydrogen-bond acceptors (Lipinski definition) is 2. The van der Waals surface area contributed by atoms with Crippen molar-refractivity contribution in [3.05, 3.63) is 0 Å². The highest BCUT2D eigenvalue weighted by Gasteiger charge is 2.28. The van der Waals surface area contributed by atoms with E-state index >= 15 is 0 Å². The quantitative estimate of drug-likeness (QED) is 0.768. The largest absolute Gasteiger partial charge is 0.354 e. The SMILES string of the molecule is CC(=O)N1CCC[C@H]1CNC(=O)C(C)(C)C. The van der Waals surface area contributed by atoms with Crippen LogP contribution in [-0.4, -0.2) is 35.8 Å². The smallest absolute Gasteiger partial charge is 0.225 e. The summed E-state index contributed by atoms with van der Waals surface area (Å²) in [7, 11) is 0. The Morgan fingerprint density at radius 2 is 2.00 bits per heavy atom. The van der Waals surface area contributed by atoms with Crippen molar-refractivity contribution < 1.29 is 9.59 Å². The first-order valence-electron chi connectivity index (χ1n) is 5.88. The summed E-state index contributed by atoms with van der Waals surface area (Å²) in [5, 5.41) is 2.92. The van der Waals surface area contributed by atoms with E-state index in [0.717, 1.165) is 19.4 Å². The molecule has 1 heterocycles. The summed E-state index contributed by atoms with van der Waals surface area (Å²) >= 11 is 0. The highest BCUT2D eigenvalue weighted by molar-refractivity contribution is 5.81. The monoisotopic (exact) mass is 226 g/mol. The van der Waals surface area contributed by atoms with Gasteiger partial charge in [-0.3, -0.25) is 9.59 Å². The fourth-order valence-corrected chi connectivity index (χ4v) is 1.94. The first-order chi connectivity index (χ1) is 7.32. The Labute approximate surface area is 97.4 Å². The minimum Gasteiger partial charge on any atom is -0.354 e. The maximum Gasteiger partial charge on any atom is 0.225 e. The Hall–Kier alpha value is -1.06. The van der Waals surface area contributed by atoms with Crippen LogP contribution in [0.1, 0.15) is 40.5 Å². The minimum absolute atomic E-state index is 0.0444. The fraction of sp³-hybridized carbons (Fsp3) is 0.833. The van der Waals surface area contributed by atoms with Gasteiger partial charge in [-0.1, -0.05) is 20.8 Å². The first-order valence-corrected chi connectivity index (χ1v) is 5.88. The molecular formula is C12H22N2O2. The highest BCUT2D eigenvalue weighted by atomic mass is 16.2. The molecule has 16 heavy (non-hydrogen) atoms. The van der Waals surface area contributed by atoms with Crippen LogP contribution < -0.4 is 5.32 Å². The summed E-state index contributed by atoms with van der Waals surface area (Å²) in [6, 6.07) is 0.184. The molecule has 0 radical (unpaired) electrons. The molecule has 1 atom stereocenters. The number of nitrogens with zero attached hydrogens (tertiary/aromatic N) is 1. The van der Waals surface area contributed by atoms with E-state index in [1.54, 1.807) is 6.92 Å². The van der Waals surface area contributed by atoms with Crippen molar-refractivity contribution in [1.29, 1.82) is 0 Å². The molecule has 4 heteroatoms. The Morgan fingerprint density at radius 3 is 2.50 bits per heavy atom. The van der Waals surface area contributed by atoms with Gasteiger partial charge < -0.3 is 10.2 Å². The van der Waals surface area contributed by atoms with Gasteiger partial charge in [-0.2, -0.15) is 0 Å². The molecule has 2 amide bonds. The Kier molecular flexibility index (Phi) is 3.94. The standard InChI is InChI=1S/C12H22N2O2/c1-9(15)14-7-5-6-10(14)8-13-11(16)12(2,3)4/h10H,5-8H2,1-4H3,(H,13,16)/t10-/m0/s1. The van der Waals surface area contributed by atoms with Gasteiger partial charge in [0.15, 0.2) is 0 Å². The van der Waals surface area contributed by atoms with Gasteiger partial charge in [-0.15, -0.1) is 0 Å². The molecular weight excluding hydrogens is 204 g/mol. The summed E-state index contributed by atoms with van der Waals surface area (Å²) in [5.74, 6) is 0.149. The molecule has 1 saturated heterocycles. The number of nitrogens with one attached hydrogen (secondary N) is 1. The number of carbonyl (C=O) groups excluding carboxylic acids is 2. The minimum atomic E-state index is -0.361. The predicted molar refractivity (Wildman–Crippen MR) is 62.9 cm³/mol. The van der Waals surface area contributed by atoms with E-state index < -0.39 is 0 Å². The van der Waals surface area contributed by atoms with Crippen molar-refractivity contribution >= 4 is 11.8 Å². The Bertz CT molecular complexity index is 281. The molecule has 0 aliphatic carbocycles. The average molecular weight is 226 g/mol. The van der Waals surface area contributed by atoms with Crippen molar-refractivity contribution in [2.45, 2.75) is 46.6 Å². The van der Waals surface area contributed by atoms with Gasteiger partial charge in [0.1, 0.15) is 0 Å². The van der Waals surface area contributed by atoms with Crippen LogP contribution in [0.15, 0.2) is 0 Å². The van der Waals surface area contributed by atoms with Gasteiger partial charge in [0.2, 0.25) is 11.8 Å². The molecule has 1 N–H and O–H groups in total. The van der Waals surface area contributed by atoms with Crippen molar-refractivity contribution in [2.75, 3.05) is 13.1 Å².